The Kier molecular flexibility index (Phi) is 3.64. The van der Waals surface area contributed by atoms with Crippen LogP contribution in [0.4, 0.5) is 0 Å². The lowest BCUT2D eigenvalue weighted by Crippen LogP contribution is -2.47. The highest BCUT2D eigenvalue weighted by Crippen LogP contribution is 2.21. The zero-order valence-electron chi connectivity index (χ0n) is 11.7. The van der Waals surface area contributed by atoms with E-state index >= 15 is 0 Å². The molecule has 19 heavy (non-hydrogen) atoms. The number of piperidine rings is 1. The van der Waals surface area contributed by atoms with E-state index in [4.69, 9.17) is 0 Å². The molecule has 1 fully saturated rings. The highest BCUT2D eigenvalue weighted by molar-refractivity contribution is 5.03. The SMILES string of the molecule is Cn1c(CN2CCCC(C)(O)C2)cc(=O)n(C)c1=O. The minimum absolute atomic E-state index is 0.290. The molecule has 1 N–H and O–H groups in total. The molecule has 0 bridgehead atoms. The molecule has 2 rings (SSSR count). The molecule has 1 unspecified atom stereocenters. The quantitative estimate of drug-likeness (QED) is 0.779. The first-order valence-electron chi connectivity index (χ1n) is 6.51. The average Bonchev–Trinajstić information content (AvgIpc) is 2.32. The van der Waals surface area contributed by atoms with Gasteiger partial charge in [-0.1, -0.05) is 0 Å². The van der Waals surface area contributed by atoms with E-state index in [9.17, 15) is 14.7 Å². The molecule has 2 heterocycles. The van der Waals surface area contributed by atoms with Crippen LogP contribution in [-0.2, 0) is 20.6 Å². The van der Waals surface area contributed by atoms with Gasteiger partial charge in [0.2, 0.25) is 0 Å². The van der Waals surface area contributed by atoms with Gasteiger partial charge in [-0.05, 0) is 26.3 Å². The van der Waals surface area contributed by atoms with Gasteiger partial charge in [-0.15, -0.1) is 0 Å². The number of nitrogens with zero attached hydrogens (tertiary/aromatic N) is 3. The van der Waals surface area contributed by atoms with E-state index < -0.39 is 5.60 Å². The van der Waals surface area contributed by atoms with E-state index in [1.165, 1.54) is 17.7 Å². The molecule has 0 spiro atoms. The van der Waals surface area contributed by atoms with Gasteiger partial charge >= 0.3 is 5.69 Å². The van der Waals surface area contributed by atoms with Crippen molar-refractivity contribution in [2.75, 3.05) is 13.1 Å². The van der Waals surface area contributed by atoms with Gasteiger partial charge < -0.3 is 5.11 Å². The van der Waals surface area contributed by atoms with E-state index in [1.807, 2.05) is 6.92 Å². The van der Waals surface area contributed by atoms with Crippen molar-refractivity contribution in [3.8, 4) is 0 Å². The average molecular weight is 267 g/mol. The number of β-amino-alcohol motifs (C(OH)–C–C–N with tert-alkyl or cyclic N) is 1. The largest absolute Gasteiger partial charge is 0.389 e. The summed E-state index contributed by atoms with van der Waals surface area (Å²) in [6.07, 6.45) is 1.71. The van der Waals surface area contributed by atoms with E-state index in [1.54, 1.807) is 7.05 Å². The summed E-state index contributed by atoms with van der Waals surface area (Å²) < 4.78 is 2.58. The highest BCUT2D eigenvalue weighted by atomic mass is 16.3. The molecule has 1 aromatic heterocycles. The van der Waals surface area contributed by atoms with Gasteiger partial charge in [0.15, 0.2) is 0 Å². The first-order chi connectivity index (χ1) is 8.80. The third-order valence-corrected chi connectivity index (χ3v) is 3.76. The maximum Gasteiger partial charge on any atom is 0.330 e. The Bertz CT molecular complexity index is 586. The van der Waals surface area contributed by atoms with Crippen molar-refractivity contribution in [1.29, 1.82) is 0 Å². The summed E-state index contributed by atoms with van der Waals surface area (Å²) in [5.74, 6) is 0. The Morgan fingerprint density at radius 1 is 1.32 bits per heavy atom. The molecule has 0 amide bonds. The fourth-order valence-electron chi connectivity index (χ4n) is 2.62. The van der Waals surface area contributed by atoms with Crippen LogP contribution in [0.15, 0.2) is 15.7 Å². The second-order valence-electron chi connectivity index (χ2n) is 5.69. The van der Waals surface area contributed by atoms with Crippen molar-refractivity contribution < 1.29 is 5.11 Å². The second kappa shape index (κ2) is 4.94. The third kappa shape index (κ3) is 2.96. The minimum Gasteiger partial charge on any atom is -0.389 e. The molecular weight excluding hydrogens is 246 g/mol. The Morgan fingerprint density at radius 3 is 2.63 bits per heavy atom. The normalized spacial score (nSPS) is 24.6. The molecule has 0 aliphatic carbocycles. The molecular formula is C13H21N3O3. The van der Waals surface area contributed by atoms with Crippen molar-refractivity contribution in [2.24, 2.45) is 14.1 Å². The number of aliphatic hydroxyl groups is 1. The first-order valence-corrected chi connectivity index (χ1v) is 6.51. The lowest BCUT2D eigenvalue weighted by Gasteiger charge is -2.36. The van der Waals surface area contributed by atoms with E-state index in [2.05, 4.69) is 4.90 Å². The molecule has 6 heteroatoms. The van der Waals surface area contributed by atoms with Crippen LogP contribution in [0.3, 0.4) is 0 Å². The minimum atomic E-state index is -0.684. The Balaban J connectivity index is 2.25. The standard InChI is InChI=1S/C13H21N3O3/c1-13(19)5-4-6-16(9-13)8-10-7-11(17)15(3)12(18)14(10)2/h7,19H,4-6,8-9H2,1-3H3. The number of hydrogen-bond donors (Lipinski definition) is 1. The predicted molar refractivity (Wildman–Crippen MR) is 72.1 cm³/mol. The fraction of sp³-hybridized carbons (Fsp3) is 0.692. The van der Waals surface area contributed by atoms with Crippen molar-refractivity contribution in [1.82, 2.24) is 14.0 Å². The van der Waals surface area contributed by atoms with Crippen LogP contribution in [0.1, 0.15) is 25.5 Å². The molecule has 106 valence electrons. The van der Waals surface area contributed by atoms with Gasteiger partial charge in [0, 0.05) is 38.9 Å². The van der Waals surface area contributed by atoms with Gasteiger partial charge in [-0.3, -0.25) is 18.8 Å². The van der Waals surface area contributed by atoms with Crippen molar-refractivity contribution in [3.05, 3.63) is 32.6 Å². The summed E-state index contributed by atoms with van der Waals surface area (Å²) >= 11 is 0. The van der Waals surface area contributed by atoms with Crippen molar-refractivity contribution in [3.63, 3.8) is 0 Å². The highest BCUT2D eigenvalue weighted by Gasteiger charge is 2.28. The lowest BCUT2D eigenvalue weighted by atomic mass is 9.95. The Hall–Kier alpha value is -1.40. The van der Waals surface area contributed by atoms with Crippen molar-refractivity contribution in [2.45, 2.75) is 31.9 Å². The monoisotopic (exact) mass is 267 g/mol. The Morgan fingerprint density at radius 2 is 2.00 bits per heavy atom. The van der Waals surface area contributed by atoms with Crippen LogP contribution in [0, 0.1) is 0 Å². The molecule has 1 saturated heterocycles. The predicted octanol–water partition coefficient (Wildman–Crippen LogP) is -0.569. The number of aromatic nitrogens is 2. The fourth-order valence-corrected chi connectivity index (χ4v) is 2.62. The third-order valence-electron chi connectivity index (χ3n) is 3.76. The number of rotatable bonds is 2. The summed E-state index contributed by atoms with van der Waals surface area (Å²) in [4.78, 5) is 25.6. The van der Waals surface area contributed by atoms with Crippen molar-refractivity contribution >= 4 is 0 Å². The summed E-state index contributed by atoms with van der Waals surface area (Å²) in [6, 6.07) is 1.49. The van der Waals surface area contributed by atoms with Crippen LogP contribution in [-0.4, -0.2) is 37.8 Å². The zero-order valence-corrected chi connectivity index (χ0v) is 11.7. The molecule has 0 radical (unpaired) electrons. The molecule has 0 saturated carbocycles. The van der Waals surface area contributed by atoms with Gasteiger partial charge in [0.1, 0.15) is 0 Å². The van der Waals surface area contributed by atoms with Gasteiger partial charge in [0.25, 0.3) is 5.56 Å². The Labute approximate surface area is 111 Å². The van der Waals surface area contributed by atoms with Gasteiger partial charge in [0.05, 0.1) is 5.60 Å². The molecule has 1 aliphatic rings. The maximum atomic E-state index is 11.8. The van der Waals surface area contributed by atoms with E-state index in [0.717, 1.165) is 24.0 Å². The van der Waals surface area contributed by atoms with Gasteiger partial charge in [-0.2, -0.15) is 0 Å². The molecule has 1 atom stereocenters. The summed E-state index contributed by atoms with van der Waals surface area (Å²) in [5, 5.41) is 10.1. The second-order valence-corrected chi connectivity index (χ2v) is 5.69. The van der Waals surface area contributed by atoms with E-state index in [0.29, 0.717) is 18.8 Å². The van der Waals surface area contributed by atoms with Crippen LogP contribution >= 0.6 is 0 Å². The zero-order chi connectivity index (χ0) is 14.2. The van der Waals surface area contributed by atoms with E-state index in [-0.39, 0.29) is 11.2 Å². The molecule has 6 nitrogen and oxygen atoms in total. The van der Waals surface area contributed by atoms with Crippen LogP contribution in [0.25, 0.3) is 0 Å². The smallest absolute Gasteiger partial charge is 0.330 e. The number of likely N-dealkylation sites (tertiary alicyclic amines) is 1. The topological polar surface area (TPSA) is 67.5 Å². The number of hydrogen-bond acceptors (Lipinski definition) is 4. The van der Waals surface area contributed by atoms with Crippen LogP contribution in [0.5, 0.6) is 0 Å². The molecule has 1 aromatic rings. The lowest BCUT2D eigenvalue weighted by molar-refractivity contribution is -0.0188. The summed E-state index contributed by atoms with van der Waals surface area (Å²) in [6.45, 7) is 3.77. The maximum absolute atomic E-state index is 11.8. The first kappa shape index (κ1) is 14.0. The summed E-state index contributed by atoms with van der Waals surface area (Å²) in [7, 11) is 3.14. The van der Waals surface area contributed by atoms with Gasteiger partial charge in [-0.25, -0.2) is 4.79 Å². The van der Waals surface area contributed by atoms with Crippen LogP contribution < -0.4 is 11.2 Å². The summed E-state index contributed by atoms with van der Waals surface area (Å²) in [5.41, 5.74) is -0.601. The molecule has 1 aliphatic heterocycles. The van der Waals surface area contributed by atoms with Crippen LogP contribution in [0.2, 0.25) is 0 Å². The molecule has 0 aromatic carbocycles.